The van der Waals surface area contributed by atoms with Crippen molar-refractivity contribution >= 4 is 21.7 Å². The molecule has 112 valence electrons. The van der Waals surface area contributed by atoms with Crippen molar-refractivity contribution in [2.45, 2.75) is 39.5 Å². The summed E-state index contributed by atoms with van der Waals surface area (Å²) in [5.74, 6) is -0.444. The molecule has 2 amide bonds. The lowest BCUT2D eigenvalue weighted by atomic mass is 10.3. The molecule has 2 N–H and O–H groups in total. The van der Waals surface area contributed by atoms with Gasteiger partial charge in [0.25, 0.3) is 0 Å². The second-order valence-corrected chi connectivity index (χ2v) is 6.66. The second kappa shape index (κ2) is 9.77. The molecule has 0 aromatic rings. The fourth-order valence-corrected chi connectivity index (χ4v) is 2.46. The normalized spacial score (nSPS) is 11.1. The van der Waals surface area contributed by atoms with Crippen molar-refractivity contribution in [1.82, 2.24) is 10.6 Å². The van der Waals surface area contributed by atoms with Gasteiger partial charge in [0.2, 0.25) is 11.8 Å². The SMILES string of the molecule is CCCC(=O)NCCS(=O)(=O)CCNC(=O)CCC. The van der Waals surface area contributed by atoms with E-state index in [1.807, 2.05) is 13.8 Å². The van der Waals surface area contributed by atoms with Crippen LogP contribution in [0.25, 0.3) is 0 Å². The van der Waals surface area contributed by atoms with Crippen molar-refractivity contribution in [3.63, 3.8) is 0 Å². The Balaban J connectivity index is 3.81. The molecule has 0 fully saturated rings. The smallest absolute Gasteiger partial charge is 0.220 e. The molecule has 0 saturated carbocycles. The molecule has 0 aromatic heterocycles. The van der Waals surface area contributed by atoms with E-state index in [9.17, 15) is 18.0 Å². The minimum absolute atomic E-state index is 0.0912. The van der Waals surface area contributed by atoms with Gasteiger partial charge in [-0.25, -0.2) is 8.42 Å². The molecule has 0 radical (unpaired) electrons. The Labute approximate surface area is 115 Å². The van der Waals surface area contributed by atoms with E-state index >= 15 is 0 Å². The van der Waals surface area contributed by atoms with Gasteiger partial charge in [-0.2, -0.15) is 0 Å². The van der Waals surface area contributed by atoms with E-state index in [1.54, 1.807) is 0 Å². The van der Waals surface area contributed by atoms with Crippen LogP contribution in [0.1, 0.15) is 39.5 Å². The van der Waals surface area contributed by atoms with Crippen molar-refractivity contribution in [2.24, 2.45) is 0 Å². The molecular formula is C12H24N2O4S. The van der Waals surface area contributed by atoms with Crippen LogP contribution < -0.4 is 10.6 Å². The van der Waals surface area contributed by atoms with E-state index in [-0.39, 0.29) is 36.4 Å². The van der Waals surface area contributed by atoms with Crippen LogP contribution in [0.4, 0.5) is 0 Å². The van der Waals surface area contributed by atoms with Crippen LogP contribution in [0, 0.1) is 0 Å². The van der Waals surface area contributed by atoms with E-state index in [0.717, 1.165) is 12.8 Å². The Bertz CT molecular complexity index is 349. The molecule has 0 heterocycles. The summed E-state index contributed by atoms with van der Waals surface area (Å²) in [5.41, 5.74) is 0. The maximum Gasteiger partial charge on any atom is 0.220 e. The van der Waals surface area contributed by atoms with E-state index in [0.29, 0.717) is 12.8 Å². The average Bonchev–Trinajstić information content (AvgIpc) is 2.29. The van der Waals surface area contributed by atoms with Gasteiger partial charge in [-0.3, -0.25) is 9.59 Å². The maximum absolute atomic E-state index is 11.6. The lowest BCUT2D eigenvalue weighted by molar-refractivity contribution is -0.121. The van der Waals surface area contributed by atoms with Crippen LogP contribution in [0.3, 0.4) is 0 Å². The Morgan fingerprint density at radius 1 is 0.842 bits per heavy atom. The van der Waals surface area contributed by atoms with Gasteiger partial charge in [0.15, 0.2) is 9.84 Å². The van der Waals surface area contributed by atoms with Crippen LogP contribution in [0.2, 0.25) is 0 Å². The summed E-state index contributed by atoms with van der Waals surface area (Å²) in [6, 6.07) is 0. The fraction of sp³-hybridized carbons (Fsp3) is 0.833. The third-order valence-electron chi connectivity index (χ3n) is 2.42. The Morgan fingerprint density at radius 2 is 1.21 bits per heavy atom. The van der Waals surface area contributed by atoms with E-state index in [2.05, 4.69) is 10.6 Å². The van der Waals surface area contributed by atoms with Gasteiger partial charge in [0, 0.05) is 25.9 Å². The summed E-state index contributed by atoms with van der Waals surface area (Å²) >= 11 is 0. The highest BCUT2D eigenvalue weighted by molar-refractivity contribution is 7.91. The third-order valence-corrected chi connectivity index (χ3v) is 4.08. The molecule has 0 aliphatic carbocycles. The molecule has 0 aliphatic heterocycles. The Hall–Kier alpha value is -1.11. The predicted molar refractivity (Wildman–Crippen MR) is 74.5 cm³/mol. The lowest BCUT2D eigenvalue weighted by Gasteiger charge is -2.07. The highest BCUT2D eigenvalue weighted by Gasteiger charge is 2.11. The van der Waals surface area contributed by atoms with Crippen LogP contribution in [0.15, 0.2) is 0 Å². The standard InChI is InChI=1S/C12H24N2O4S/c1-3-5-11(15)13-7-9-19(17,18)10-8-14-12(16)6-4-2/h3-10H2,1-2H3,(H,13,15)(H,14,16). The molecule has 0 atom stereocenters. The Morgan fingerprint density at radius 3 is 1.53 bits per heavy atom. The van der Waals surface area contributed by atoms with Crippen molar-refractivity contribution in [1.29, 1.82) is 0 Å². The number of hydrogen-bond donors (Lipinski definition) is 2. The number of nitrogens with one attached hydrogen (secondary N) is 2. The van der Waals surface area contributed by atoms with Crippen molar-refractivity contribution in [3.05, 3.63) is 0 Å². The first-order valence-corrected chi connectivity index (χ1v) is 8.47. The zero-order valence-electron chi connectivity index (χ0n) is 11.7. The summed E-state index contributed by atoms with van der Waals surface area (Å²) in [6.07, 6.45) is 2.30. The lowest BCUT2D eigenvalue weighted by Crippen LogP contribution is -2.33. The first kappa shape index (κ1) is 17.9. The van der Waals surface area contributed by atoms with E-state index in [1.165, 1.54) is 0 Å². The van der Waals surface area contributed by atoms with Crippen molar-refractivity contribution in [3.8, 4) is 0 Å². The van der Waals surface area contributed by atoms with Gasteiger partial charge in [-0.1, -0.05) is 13.8 Å². The van der Waals surface area contributed by atoms with Crippen molar-refractivity contribution < 1.29 is 18.0 Å². The van der Waals surface area contributed by atoms with Gasteiger partial charge >= 0.3 is 0 Å². The van der Waals surface area contributed by atoms with Gasteiger partial charge in [0.05, 0.1) is 11.5 Å². The molecule has 0 bridgehead atoms. The monoisotopic (exact) mass is 292 g/mol. The molecule has 0 spiro atoms. The average molecular weight is 292 g/mol. The molecule has 0 aliphatic rings. The van der Waals surface area contributed by atoms with Gasteiger partial charge in [-0.05, 0) is 12.8 Å². The number of carbonyl (C=O) groups excluding carboxylic acids is 2. The summed E-state index contributed by atoms with van der Waals surface area (Å²) in [4.78, 5) is 22.3. The van der Waals surface area contributed by atoms with E-state index in [4.69, 9.17) is 0 Å². The quantitative estimate of drug-likeness (QED) is 0.603. The first-order valence-electron chi connectivity index (χ1n) is 6.65. The van der Waals surface area contributed by atoms with Crippen LogP contribution in [0.5, 0.6) is 0 Å². The van der Waals surface area contributed by atoms with Crippen LogP contribution in [-0.2, 0) is 19.4 Å². The maximum atomic E-state index is 11.6. The highest BCUT2D eigenvalue weighted by Crippen LogP contribution is 1.91. The summed E-state index contributed by atoms with van der Waals surface area (Å²) in [5, 5.41) is 5.11. The fourth-order valence-electron chi connectivity index (χ4n) is 1.42. The van der Waals surface area contributed by atoms with E-state index < -0.39 is 9.84 Å². The molecule has 0 saturated heterocycles. The number of sulfone groups is 1. The molecule has 0 unspecified atom stereocenters. The molecule has 0 aromatic carbocycles. The van der Waals surface area contributed by atoms with Gasteiger partial charge in [0.1, 0.15) is 0 Å². The minimum atomic E-state index is -3.23. The van der Waals surface area contributed by atoms with Crippen LogP contribution in [-0.4, -0.2) is 44.8 Å². The van der Waals surface area contributed by atoms with Gasteiger partial charge in [-0.15, -0.1) is 0 Å². The zero-order chi connectivity index (χ0) is 14.7. The molecular weight excluding hydrogens is 268 g/mol. The number of rotatable bonds is 10. The third kappa shape index (κ3) is 10.5. The summed E-state index contributed by atoms with van der Waals surface area (Å²) < 4.78 is 23.2. The summed E-state index contributed by atoms with van der Waals surface area (Å²) in [7, 11) is -3.23. The van der Waals surface area contributed by atoms with Crippen molar-refractivity contribution in [2.75, 3.05) is 24.6 Å². The molecule has 7 heteroatoms. The molecule has 19 heavy (non-hydrogen) atoms. The topological polar surface area (TPSA) is 92.3 Å². The largest absolute Gasteiger partial charge is 0.355 e. The molecule has 0 rings (SSSR count). The minimum Gasteiger partial charge on any atom is -0.355 e. The Kier molecular flexibility index (Phi) is 9.20. The second-order valence-electron chi connectivity index (χ2n) is 4.35. The number of carbonyl (C=O) groups is 2. The number of hydrogen-bond acceptors (Lipinski definition) is 4. The predicted octanol–water partition coefficient (Wildman–Crippen LogP) is 0.234. The zero-order valence-corrected chi connectivity index (χ0v) is 12.5. The molecule has 6 nitrogen and oxygen atoms in total. The highest BCUT2D eigenvalue weighted by atomic mass is 32.2. The first-order chi connectivity index (χ1) is 8.91. The van der Waals surface area contributed by atoms with Crippen LogP contribution >= 0.6 is 0 Å². The van der Waals surface area contributed by atoms with Gasteiger partial charge < -0.3 is 10.6 Å². The summed E-state index contributed by atoms with van der Waals surface area (Å²) in [6.45, 7) is 4.03. The number of amides is 2.